The summed E-state index contributed by atoms with van der Waals surface area (Å²) < 4.78 is 5.46. The lowest BCUT2D eigenvalue weighted by molar-refractivity contribution is 0.0195. The van der Waals surface area contributed by atoms with Gasteiger partial charge in [-0.3, -0.25) is 9.89 Å². The van der Waals surface area contributed by atoms with Gasteiger partial charge >= 0.3 is 0 Å². The fourth-order valence-electron chi connectivity index (χ4n) is 3.94. The Bertz CT molecular complexity index is 389. The molecule has 0 spiro atoms. The summed E-state index contributed by atoms with van der Waals surface area (Å²) in [6.45, 7) is 9.65. The van der Waals surface area contributed by atoms with Crippen molar-refractivity contribution in [2.75, 3.05) is 73.1 Å². The number of aliphatic imine (C=N–C) groups is 1. The molecule has 2 atom stereocenters. The number of likely N-dealkylation sites (tertiary alicyclic amines) is 2. The standard InChI is InChI=1S/C16H31N5O.HI/c1-17-16(18-11-14-3-5-19(2)12-14)21-6-4-15(13-21)20-7-9-22-10-8-20;/h14-15H,3-13H2,1-2H3,(H,17,18);1H. The third-order valence-corrected chi connectivity index (χ3v) is 5.27. The number of guanidine groups is 1. The maximum atomic E-state index is 5.46. The molecule has 0 aliphatic carbocycles. The topological polar surface area (TPSA) is 43.3 Å². The number of hydrogen-bond donors (Lipinski definition) is 1. The van der Waals surface area contributed by atoms with Crippen molar-refractivity contribution < 1.29 is 4.74 Å². The minimum absolute atomic E-state index is 0. The lowest BCUT2D eigenvalue weighted by atomic mass is 10.1. The van der Waals surface area contributed by atoms with Gasteiger partial charge < -0.3 is 19.9 Å². The number of nitrogens with zero attached hydrogens (tertiary/aromatic N) is 4. The van der Waals surface area contributed by atoms with Crippen LogP contribution in [0.5, 0.6) is 0 Å². The third-order valence-electron chi connectivity index (χ3n) is 5.27. The number of rotatable bonds is 3. The van der Waals surface area contributed by atoms with Gasteiger partial charge in [-0.1, -0.05) is 0 Å². The fourth-order valence-corrected chi connectivity index (χ4v) is 3.94. The second-order valence-corrected chi connectivity index (χ2v) is 6.88. The van der Waals surface area contributed by atoms with Gasteiger partial charge in [-0.25, -0.2) is 0 Å². The van der Waals surface area contributed by atoms with E-state index in [9.17, 15) is 0 Å². The van der Waals surface area contributed by atoms with Crippen LogP contribution < -0.4 is 5.32 Å². The molecule has 3 heterocycles. The normalized spacial score (nSPS) is 30.5. The summed E-state index contributed by atoms with van der Waals surface area (Å²) in [6, 6.07) is 0.667. The Kier molecular flexibility index (Phi) is 7.84. The highest BCUT2D eigenvalue weighted by Gasteiger charge is 2.30. The van der Waals surface area contributed by atoms with Gasteiger partial charge in [0.1, 0.15) is 0 Å². The molecule has 2 unspecified atom stereocenters. The first-order chi connectivity index (χ1) is 10.8. The number of ether oxygens (including phenoxy) is 1. The van der Waals surface area contributed by atoms with Gasteiger partial charge in [0.25, 0.3) is 0 Å². The molecule has 0 aromatic rings. The Morgan fingerprint density at radius 1 is 1.13 bits per heavy atom. The highest BCUT2D eigenvalue weighted by atomic mass is 127. The molecule has 0 amide bonds. The predicted octanol–water partition coefficient (Wildman–Crippen LogP) is 0.538. The van der Waals surface area contributed by atoms with Crippen molar-refractivity contribution in [3.63, 3.8) is 0 Å². The maximum Gasteiger partial charge on any atom is 0.193 e. The molecule has 3 fully saturated rings. The Balaban J connectivity index is 0.00000192. The van der Waals surface area contributed by atoms with Crippen LogP contribution in [0.25, 0.3) is 0 Å². The summed E-state index contributed by atoms with van der Waals surface area (Å²) in [5.41, 5.74) is 0. The SMILES string of the molecule is CN=C(NCC1CCN(C)C1)N1CCC(N2CCOCC2)C1.I. The molecule has 3 aliphatic rings. The summed E-state index contributed by atoms with van der Waals surface area (Å²) in [6.07, 6.45) is 2.55. The Morgan fingerprint density at radius 3 is 2.57 bits per heavy atom. The molecule has 1 N–H and O–H groups in total. The maximum absolute atomic E-state index is 5.46. The van der Waals surface area contributed by atoms with Gasteiger partial charge in [-0.05, 0) is 32.4 Å². The van der Waals surface area contributed by atoms with Crippen molar-refractivity contribution in [1.82, 2.24) is 20.0 Å². The summed E-state index contributed by atoms with van der Waals surface area (Å²) in [7, 11) is 4.12. The quantitative estimate of drug-likeness (QED) is 0.397. The first-order valence-electron chi connectivity index (χ1n) is 8.72. The van der Waals surface area contributed by atoms with Crippen LogP contribution in [-0.2, 0) is 4.74 Å². The fraction of sp³-hybridized carbons (Fsp3) is 0.938. The first kappa shape index (κ1) is 19.2. The van der Waals surface area contributed by atoms with Crippen LogP contribution in [0.2, 0.25) is 0 Å². The number of nitrogens with one attached hydrogen (secondary N) is 1. The minimum Gasteiger partial charge on any atom is -0.379 e. The molecule has 6 nitrogen and oxygen atoms in total. The van der Waals surface area contributed by atoms with Crippen LogP contribution >= 0.6 is 24.0 Å². The largest absolute Gasteiger partial charge is 0.379 e. The number of morpholine rings is 1. The molecule has 3 aliphatic heterocycles. The van der Waals surface area contributed by atoms with Crippen molar-refractivity contribution in [3.05, 3.63) is 0 Å². The molecule has 0 saturated carbocycles. The average molecular weight is 437 g/mol. The van der Waals surface area contributed by atoms with E-state index in [-0.39, 0.29) is 24.0 Å². The molecule has 3 saturated heterocycles. The zero-order valence-electron chi connectivity index (χ0n) is 14.5. The Hall–Kier alpha value is -0.120. The lowest BCUT2D eigenvalue weighted by Crippen LogP contribution is -2.47. The molecular weight excluding hydrogens is 405 g/mol. The van der Waals surface area contributed by atoms with Crippen LogP contribution in [0.1, 0.15) is 12.8 Å². The molecule has 134 valence electrons. The van der Waals surface area contributed by atoms with Crippen molar-refractivity contribution in [2.45, 2.75) is 18.9 Å². The molecule has 0 aromatic carbocycles. The summed E-state index contributed by atoms with van der Waals surface area (Å²) in [4.78, 5) is 11.9. The highest BCUT2D eigenvalue weighted by Crippen LogP contribution is 2.18. The number of hydrogen-bond acceptors (Lipinski definition) is 4. The van der Waals surface area contributed by atoms with Crippen LogP contribution in [0.15, 0.2) is 4.99 Å². The molecule has 0 bridgehead atoms. The van der Waals surface area contributed by atoms with E-state index in [1.165, 1.54) is 25.9 Å². The van der Waals surface area contributed by atoms with Gasteiger partial charge in [-0.2, -0.15) is 0 Å². The van der Waals surface area contributed by atoms with E-state index in [1.54, 1.807) is 0 Å². The molecule has 23 heavy (non-hydrogen) atoms. The molecular formula is C16H32IN5O. The second-order valence-electron chi connectivity index (χ2n) is 6.88. The van der Waals surface area contributed by atoms with Gasteiger partial charge in [0.15, 0.2) is 5.96 Å². The average Bonchev–Trinajstić information content (AvgIpc) is 3.18. The molecule has 0 aromatic heterocycles. The van der Waals surface area contributed by atoms with Crippen molar-refractivity contribution in [2.24, 2.45) is 10.9 Å². The summed E-state index contributed by atoms with van der Waals surface area (Å²) in [5, 5.41) is 3.60. The molecule has 0 radical (unpaired) electrons. The van der Waals surface area contributed by atoms with E-state index in [0.717, 1.165) is 57.8 Å². The van der Waals surface area contributed by atoms with E-state index < -0.39 is 0 Å². The minimum atomic E-state index is 0. The van der Waals surface area contributed by atoms with Gasteiger partial charge in [0, 0.05) is 52.4 Å². The van der Waals surface area contributed by atoms with E-state index in [4.69, 9.17) is 4.74 Å². The van der Waals surface area contributed by atoms with E-state index >= 15 is 0 Å². The zero-order valence-corrected chi connectivity index (χ0v) is 16.9. The van der Waals surface area contributed by atoms with E-state index in [0.29, 0.717) is 6.04 Å². The summed E-state index contributed by atoms with van der Waals surface area (Å²) >= 11 is 0. The van der Waals surface area contributed by atoms with Gasteiger partial charge in [-0.15, -0.1) is 24.0 Å². The lowest BCUT2D eigenvalue weighted by Gasteiger charge is -2.32. The van der Waals surface area contributed by atoms with Crippen molar-refractivity contribution in [3.8, 4) is 0 Å². The smallest absolute Gasteiger partial charge is 0.193 e. The number of halogens is 1. The van der Waals surface area contributed by atoms with Crippen LogP contribution in [0.4, 0.5) is 0 Å². The third kappa shape index (κ3) is 5.17. The van der Waals surface area contributed by atoms with Gasteiger partial charge in [0.05, 0.1) is 13.2 Å². The highest BCUT2D eigenvalue weighted by molar-refractivity contribution is 14.0. The van der Waals surface area contributed by atoms with Crippen LogP contribution in [-0.4, -0.2) is 99.8 Å². The van der Waals surface area contributed by atoms with Crippen molar-refractivity contribution in [1.29, 1.82) is 0 Å². The van der Waals surface area contributed by atoms with Gasteiger partial charge in [0.2, 0.25) is 0 Å². The predicted molar refractivity (Wildman–Crippen MR) is 105 cm³/mol. The Morgan fingerprint density at radius 2 is 1.91 bits per heavy atom. The molecule has 7 heteroatoms. The van der Waals surface area contributed by atoms with E-state index in [2.05, 4.69) is 32.1 Å². The monoisotopic (exact) mass is 437 g/mol. The van der Waals surface area contributed by atoms with Crippen LogP contribution in [0.3, 0.4) is 0 Å². The van der Waals surface area contributed by atoms with Crippen molar-refractivity contribution >= 4 is 29.9 Å². The Labute approximate surface area is 157 Å². The first-order valence-corrected chi connectivity index (χ1v) is 8.72. The summed E-state index contributed by atoms with van der Waals surface area (Å²) in [5.74, 6) is 1.85. The van der Waals surface area contributed by atoms with Crippen LogP contribution in [0, 0.1) is 5.92 Å². The molecule has 3 rings (SSSR count). The van der Waals surface area contributed by atoms with E-state index in [1.807, 2.05) is 7.05 Å². The zero-order chi connectivity index (χ0) is 15.4. The second kappa shape index (κ2) is 9.39.